The second kappa shape index (κ2) is 12.8. The van der Waals surface area contributed by atoms with Gasteiger partial charge in [0.1, 0.15) is 5.75 Å². The zero-order chi connectivity index (χ0) is 21.9. The summed E-state index contributed by atoms with van der Waals surface area (Å²) in [7, 11) is 3.48. The fourth-order valence-electron chi connectivity index (χ4n) is 4.42. The number of anilines is 1. The van der Waals surface area contributed by atoms with E-state index >= 15 is 0 Å². The van der Waals surface area contributed by atoms with Gasteiger partial charge in [-0.3, -0.25) is 4.99 Å². The first kappa shape index (κ1) is 23.7. The van der Waals surface area contributed by atoms with Crippen LogP contribution in [0.4, 0.5) is 5.69 Å². The van der Waals surface area contributed by atoms with E-state index in [9.17, 15) is 0 Å². The van der Waals surface area contributed by atoms with Crippen LogP contribution in [0, 0.1) is 5.92 Å². The lowest BCUT2D eigenvalue weighted by Gasteiger charge is -2.34. The Morgan fingerprint density at radius 1 is 1.10 bits per heavy atom. The third kappa shape index (κ3) is 7.01. The van der Waals surface area contributed by atoms with Crippen LogP contribution in [0.15, 0.2) is 29.3 Å². The highest BCUT2D eigenvalue weighted by Gasteiger charge is 2.26. The van der Waals surface area contributed by atoms with E-state index in [2.05, 4.69) is 34.2 Å². The Bertz CT molecular complexity index is 677. The standard InChI is InChI=1S/C24H40N4O3/c1-4-25-24(27-14-11-21(12-15-27)31-17-7-16-29-2)26-18-20-10-13-28(19-20)22-8-5-6-9-23(22)30-3/h5-6,8-9,20-21H,4,7,10-19H2,1-3H3,(H,25,26). The van der Waals surface area contributed by atoms with Crippen LogP contribution in [0.25, 0.3) is 0 Å². The van der Waals surface area contributed by atoms with Crippen molar-refractivity contribution in [2.75, 3.05) is 71.6 Å². The molecule has 1 aromatic rings. The Balaban J connectivity index is 1.48. The third-order valence-corrected chi connectivity index (χ3v) is 6.13. The molecule has 1 aromatic carbocycles. The highest BCUT2D eigenvalue weighted by atomic mass is 16.5. The minimum atomic E-state index is 0.361. The average molecular weight is 433 g/mol. The number of guanidine groups is 1. The number of hydrogen-bond donors (Lipinski definition) is 1. The van der Waals surface area contributed by atoms with E-state index in [4.69, 9.17) is 19.2 Å². The molecule has 2 saturated heterocycles. The first-order valence-electron chi connectivity index (χ1n) is 11.8. The van der Waals surface area contributed by atoms with Gasteiger partial charge in [-0.1, -0.05) is 12.1 Å². The van der Waals surface area contributed by atoms with Crippen molar-refractivity contribution in [3.63, 3.8) is 0 Å². The number of likely N-dealkylation sites (tertiary alicyclic amines) is 1. The number of nitrogens with zero attached hydrogens (tertiary/aromatic N) is 3. The molecule has 7 nitrogen and oxygen atoms in total. The minimum Gasteiger partial charge on any atom is -0.495 e. The van der Waals surface area contributed by atoms with Gasteiger partial charge in [-0.2, -0.15) is 0 Å². The summed E-state index contributed by atoms with van der Waals surface area (Å²) in [5, 5.41) is 3.50. The van der Waals surface area contributed by atoms with Crippen LogP contribution in [-0.4, -0.2) is 83.7 Å². The minimum absolute atomic E-state index is 0.361. The zero-order valence-electron chi connectivity index (χ0n) is 19.5. The van der Waals surface area contributed by atoms with Gasteiger partial charge in [0.25, 0.3) is 0 Å². The lowest BCUT2D eigenvalue weighted by atomic mass is 10.1. The molecule has 0 radical (unpaired) electrons. The number of nitrogens with one attached hydrogen (secondary N) is 1. The van der Waals surface area contributed by atoms with Crippen molar-refractivity contribution in [2.45, 2.75) is 38.7 Å². The Kier molecular flexibility index (Phi) is 9.75. The fourth-order valence-corrected chi connectivity index (χ4v) is 4.42. The monoisotopic (exact) mass is 432 g/mol. The Morgan fingerprint density at radius 2 is 1.90 bits per heavy atom. The van der Waals surface area contributed by atoms with Crippen molar-refractivity contribution in [3.05, 3.63) is 24.3 Å². The second-order valence-corrected chi connectivity index (χ2v) is 8.37. The van der Waals surface area contributed by atoms with Gasteiger partial charge in [-0.15, -0.1) is 0 Å². The maximum Gasteiger partial charge on any atom is 0.193 e. The number of hydrogen-bond acceptors (Lipinski definition) is 5. The molecule has 0 saturated carbocycles. The molecule has 0 bridgehead atoms. The van der Waals surface area contributed by atoms with E-state index in [-0.39, 0.29) is 0 Å². The van der Waals surface area contributed by atoms with Gasteiger partial charge in [0.2, 0.25) is 0 Å². The van der Waals surface area contributed by atoms with Gasteiger partial charge in [0.05, 0.1) is 18.9 Å². The van der Waals surface area contributed by atoms with Crippen molar-refractivity contribution in [2.24, 2.45) is 10.9 Å². The molecule has 2 fully saturated rings. The maximum atomic E-state index is 6.00. The molecular weight excluding hydrogens is 392 g/mol. The molecular formula is C24H40N4O3. The van der Waals surface area contributed by atoms with E-state index < -0.39 is 0 Å². The quantitative estimate of drug-likeness (QED) is 0.348. The van der Waals surface area contributed by atoms with Crippen molar-refractivity contribution in [1.29, 1.82) is 0 Å². The molecule has 1 N–H and O–H groups in total. The first-order valence-corrected chi connectivity index (χ1v) is 11.8. The summed E-state index contributed by atoms with van der Waals surface area (Å²) >= 11 is 0. The molecule has 0 amide bonds. The Hall–Kier alpha value is -1.99. The van der Waals surface area contributed by atoms with Crippen molar-refractivity contribution in [3.8, 4) is 5.75 Å². The topological polar surface area (TPSA) is 58.6 Å². The van der Waals surface area contributed by atoms with E-state index in [1.54, 1.807) is 14.2 Å². The van der Waals surface area contributed by atoms with E-state index in [1.807, 2.05) is 12.1 Å². The summed E-state index contributed by atoms with van der Waals surface area (Å²) in [6.07, 6.45) is 4.61. The van der Waals surface area contributed by atoms with Gasteiger partial charge in [-0.25, -0.2) is 0 Å². The molecule has 174 valence electrons. The van der Waals surface area contributed by atoms with Crippen LogP contribution in [0.1, 0.15) is 32.6 Å². The fraction of sp³-hybridized carbons (Fsp3) is 0.708. The van der Waals surface area contributed by atoms with Crippen molar-refractivity contribution in [1.82, 2.24) is 10.2 Å². The smallest absolute Gasteiger partial charge is 0.193 e. The molecule has 1 atom stereocenters. The van der Waals surface area contributed by atoms with Crippen LogP contribution in [-0.2, 0) is 9.47 Å². The second-order valence-electron chi connectivity index (χ2n) is 8.37. The lowest BCUT2D eigenvalue weighted by Crippen LogP contribution is -2.47. The van der Waals surface area contributed by atoms with Crippen LogP contribution < -0.4 is 15.0 Å². The summed E-state index contributed by atoms with van der Waals surface area (Å²) < 4.78 is 16.6. The van der Waals surface area contributed by atoms with Gasteiger partial charge < -0.3 is 29.3 Å². The number of para-hydroxylation sites is 2. The highest BCUT2D eigenvalue weighted by Crippen LogP contribution is 2.32. The van der Waals surface area contributed by atoms with Gasteiger partial charge in [0.15, 0.2) is 5.96 Å². The summed E-state index contributed by atoms with van der Waals surface area (Å²) in [6, 6.07) is 8.29. The summed E-state index contributed by atoms with van der Waals surface area (Å²) in [6.45, 7) is 9.54. The SMILES string of the molecule is CCNC(=NCC1CCN(c2ccccc2OC)C1)N1CCC(OCCCOC)CC1. The van der Waals surface area contributed by atoms with Crippen molar-refractivity contribution < 1.29 is 14.2 Å². The van der Waals surface area contributed by atoms with Gasteiger partial charge in [0, 0.05) is 59.6 Å². The van der Waals surface area contributed by atoms with Crippen molar-refractivity contribution >= 4 is 11.6 Å². The molecule has 7 heteroatoms. The molecule has 3 rings (SSSR count). The zero-order valence-corrected chi connectivity index (χ0v) is 19.5. The maximum absolute atomic E-state index is 6.00. The molecule has 1 unspecified atom stereocenters. The average Bonchev–Trinajstić information content (AvgIpc) is 3.29. The molecule has 31 heavy (non-hydrogen) atoms. The molecule has 0 aliphatic carbocycles. The van der Waals surface area contributed by atoms with Crippen LogP contribution in [0.2, 0.25) is 0 Å². The summed E-state index contributed by atoms with van der Waals surface area (Å²) in [5.74, 6) is 2.57. The van der Waals surface area contributed by atoms with E-state index in [0.717, 1.165) is 83.5 Å². The summed E-state index contributed by atoms with van der Waals surface area (Å²) in [5.41, 5.74) is 1.19. The van der Waals surface area contributed by atoms with Crippen LogP contribution in [0.3, 0.4) is 0 Å². The molecule has 2 aliphatic rings. The number of aliphatic imine (C=N–C) groups is 1. The van der Waals surface area contributed by atoms with E-state index in [0.29, 0.717) is 12.0 Å². The third-order valence-electron chi connectivity index (χ3n) is 6.13. The number of methoxy groups -OCH3 is 2. The van der Waals surface area contributed by atoms with Gasteiger partial charge >= 0.3 is 0 Å². The lowest BCUT2D eigenvalue weighted by molar-refractivity contribution is 0.00990. The highest BCUT2D eigenvalue weighted by molar-refractivity contribution is 5.80. The normalized spacial score (nSPS) is 20.4. The number of piperidine rings is 1. The number of rotatable bonds is 10. The Morgan fingerprint density at radius 3 is 2.65 bits per heavy atom. The molecule has 2 heterocycles. The largest absolute Gasteiger partial charge is 0.495 e. The molecule has 0 spiro atoms. The number of benzene rings is 1. The Labute approximate surface area is 187 Å². The van der Waals surface area contributed by atoms with Gasteiger partial charge in [-0.05, 0) is 50.7 Å². The predicted molar refractivity (Wildman–Crippen MR) is 126 cm³/mol. The van der Waals surface area contributed by atoms with Crippen LogP contribution >= 0.6 is 0 Å². The first-order chi connectivity index (χ1) is 15.2. The summed E-state index contributed by atoms with van der Waals surface area (Å²) in [4.78, 5) is 9.84. The van der Waals surface area contributed by atoms with Crippen LogP contribution in [0.5, 0.6) is 5.75 Å². The number of ether oxygens (including phenoxy) is 3. The van der Waals surface area contributed by atoms with E-state index in [1.165, 1.54) is 12.1 Å². The molecule has 0 aromatic heterocycles. The molecule has 2 aliphatic heterocycles. The predicted octanol–water partition coefficient (Wildman–Crippen LogP) is 3.00.